The van der Waals surface area contributed by atoms with Gasteiger partial charge in [-0.2, -0.15) is 0 Å². The molecular weight excluding hydrogens is 192 g/mol. The number of carbonyl (C=O) groups is 1. The molecule has 1 amide bonds. The minimum Gasteiger partial charge on any atom is -0.465 e. The highest BCUT2D eigenvalue weighted by molar-refractivity contribution is 5.67. The Kier molecular flexibility index (Phi) is 2.69. The summed E-state index contributed by atoms with van der Waals surface area (Å²) in [6.07, 6.45) is 3.10. The monoisotopic (exact) mass is 210 g/mol. The molecule has 4 heteroatoms. The van der Waals surface area contributed by atoms with Gasteiger partial charge in [0.15, 0.2) is 0 Å². The molecule has 4 nitrogen and oxygen atoms in total. The molecule has 0 unspecified atom stereocenters. The van der Waals surface area contributed by atoms with Gasteiger partial charge in [0.2, 0.25) is 0 Å². The number of nitrogens with zero attached hydrogens (tertiary/aromatic N) is 1. The van der Waals surface area contributed by atoms with Gasteiger partial charge in [0.1, 0.15) is 0 Å². The van der Waals surface area contributed by atoms with Gasteiger partial charge < -0.3 is 10.4 Å². The maximum absolute atomic E-state index is 11.1. The van der Waals surface area contributed by atoms with Gasteiger partial charge in [0, 0.05) is 18.6 Å². The first kappa shape index (κ1) is 10.5. The fraction of sp³-hybridized carbons (Fsp3) is 0.727. The van der Waals surface area contributed by atoms with Crippen LogP contribution in [-0.2, 0) is 0 Å². The van der Waals surface area contributed by atoms with Crippen LogP contribution in [0.5, 0.6) is 0 Å². The fourth-order valence-electron chi connectivity index (χ4n) is 2.85. The number of hydrogen-bond acceptors (Lipinski definition) is 2. The molecule has 0 radical (unpaired) electrons. The van der Waals surface area contributed by atoms with Crippen LogP contribution in [0.3, 0.4) is 0 Å². The predicted molar refractivity (Wildman–Crippen MR) is 57.8 cm³/mol. The smallest absolute Gasteiger partial charge is 0.407 e. The van der Waals surface area contributed by atoms with Gasteiger partial charge in [-0.05, 0) is 18.8 Å². The normalized spacial score (nSPS) is 36.3. The standard InChI is InChI=1S/C11H18N2O2/c1-3-7(2)10-9-5-4-8(6-12-10)13(9)11(14)15/h3,7-10,12H,1,4-6H2,2H3,(H,14,15)/t7-,8+,9-,10-/m0/s1. The zero-order valence-electron chi connectivity index (χ0n) is 9.02. The molecule has 0 aromatic heterocycles. The number of piperazine rings is 1. The number of nitrogens with one attached hydrogen (secondary N) is 1. The van der Waals surface area contributed by atoms with Crippen LogP contribution in [-0.4, -0.2) is 40.8 Å². The first-order chi connectivity index (χ1) is 7.15. The quantitative estimate of drug-likeness (QED) is 0.675. The van der Waals surface area contributed by atoms with Gasteiger partial charge in [0.25, 0.3) is 0 Å². The minimum absolute atomic E-state index is 0.134. The highest BCUT2D eigenvalue weighted by Crippen LogP contribution is 2.32. The average Bonchev–Trinajstić information content (AvgIpc) is 2.52. The van der Waals surface area contributed by atoms with E-state index in [-0.39, 0.29) is 18.1 Å². The second kappa shape index (κ2) is 3.85. The molecule has 0 saturated carbocycles. The molecule has 2 aliphatic heterocycles. The molecule has 0 aliphatic carbocycles. The van der Waals surface area contributed by atoms with Crippen molar-refractivity contribution >= 4 is 6.09 Å². The zero-order chi connectivity index (χ0) is 11.0. The van der Waals surface area contributed by atoms with Crippen molar-refractivity contribution in [3.8, 4) is 0 Å². The second-order valence-electron chi connectivity index (χ2n) is 4.52. The molecule has 0 spiro atoms. The van der Waals surface area contributed by atoms with Gasteiger partial charge >= 0.3 is 6.09 Å². The Hall–Kier alpha value is -1.03. The molecule has 0 aromatic rings. The number of rotatable bonds is 2. The molecule has 2 heterocycles. The average molecular weight is 210 g/mol. The van der Waals surface area contributed by atoms with Crippen LogP contribution in [0.4, 0.5) is 4.79 Å². The topological polar surface area (TPSA) is 52.6 Å². The Labute approximate surface area is 90.0 Å². The fourth-order valence-corrected chi connectivity index (χ4v) is 2.85. The van der Waals surface area contributed by atoms with Crippen molar-refractivity contribution in [1.29, 1.82) is 0 Å². The van der Waals surface area contributed by atoms with Crippen LogP contribution in [0, 0.1) is 5.92 Å². The van der Waals surface area contributed by atoms with Crippen LogP contribution < -0.4 is 5.32 Å². The third-order valence-corrected chi connectivity index (χ3v) is 3.71. The lowest BCUT2D eigenvalue weighted by molar-refractivity contribution is 0.0841. The summed E-state index contributed by atoms with van der Waals surface area (Å²) < 4.78 is 0. The number of carboxylic acid groups (broad SMARTS) is 1. The second-order valence-corrected chi connectivity index (χ2v) is 4.52. The summed E-state index contributed by atoms with van der Waals surface area (Å²) in [5.74, 6) is 0.316. The molecular formula is C11H18N2O2. The molecule has 4 atom stereocenters. The molecule has 84 valence electrons. The molecule has 2 saturated heterocycles. The summed E-state index contributed by atoms with van der Waals surface area (Å²) in [4.78, 5) is 12.8. The van der Waals surface area contributed by atoms with E-state index in [1.807, 2.05) is 6.08 Å². The predicted octanol–water partition coefficient (Wildman–Crippen LogP) is 1.29. The molecule has 2 bridgehead atoms. The van der Waals surface area contributed by atoms with E-state index in [0.29, 0.717) is 5.92 Å². The van der Waals surface area contributed by atoms with Crippen molar-refractivity contribution in [2.45, 2.75) is 37.9 Å². The largest absolute Gasteiger partial charge is 0.465 e. The van der Waals surface area contributed by atoms with Gasteiger partial charge in [-0.25, -0.2) is 4.79 Å². The molecule has 0 aromatic carbocycles. The van der Waals surface area contributed by atoms with Crippen LogP contribution in [0.25, 0.3) is 0 Å². The van der Waals surface area contributed by atoms with E-state index in [9.17, 15) is 4.79 Å². The highest BCUT2D eigenvalue weighted by Gasteiger charge is 2.45. The van der Waals surface area contributed by atoms with E-state index in [0.717, 1.165) is 19.4 Å². The van der Waals surface area contributed by atoms with E-state index in [4.69, 9.17) is 5.11 Å². The van der Waals surface area contributed by atoms with Crippen molar-refractivity contribution in [2.24, 2.45) is 5.92 Å². The maximum atomic E-state index is 11.1. The maximum Gasteiger partial charge on any atom is 0.407 e. The van der Waals surface area contributed by atoms with Gasteiger partial charge in [0.05, 0.1) is 6.04 Å². The van der Waals surface area contributed by atoms with Crippen LogP contribution in [0.1, 0.15) is 19.8 Å². The zero-order valence-corrected chi connectivity index (χ0v) is 9.02. The SMILES string of the molecule is C=C[C@H](C)[C@@H]1NC[C@H]2CC[C@@H]1N2C(=O)O. The summed E-state index contributed by atoms with van der Waals surface area (Å²) in [6, 6.07) is 0.548. The van der Waals surface area contributed by atoms with E-state index in [1.165, 1.54) is 0 Å². The lowest BCUT2D eigenvalue weighted by Gasteiger charge is -2.41. The summed E-state index contributed by atoms with van der Waals surface area (Å²) in [6.45, 7) is 6.65. The van der Waals surface area contributed by atoms with Crippen molar-refractivity contribution in [3.05, 3.63) is 12.7 Å². The highest BCUT2D eigenvalue weighted by atomic mass is 16.4. The Morgan fingerprint density at radius 3 is 3.00 bits per heavy atom. The molecule has 2 fully saturated rings. The summed E-state index contributed by atoms with van der Waals surface area (Å²) in [7, 11) is 0. The number of fused-ring (bicyclic) bond motifs is 2. The van der Waals surface area contributed by atoms with Crippen molar-refractivity contribution in [2.75, 3.05) is 6.54 Å². The molecule has 15 heavy (non-hydrogen) atoms. The van der Waals surface area contributed by atoms with E-state index >= 15 is 0 Å². The van der Waals surface area contributed by atoms with Crippen LogP contribution in [0.15, 0.2) is 12.7 Å². The minimum atomic E-state index is -0.773. The van der Waals surface area contributed by atoms with Gasteiger partial charge in [-0.1, -0.05) is 13.0 Å². The third-order valence-electron chi connectivity index (χ3n) is 3.71. The molecule has 2 aliphatic rings. The Bertz CT molecular complexity index is 280. The van der Waals surface area contributed by atoms with Crippen molar-refractivity contribution in [3.63, 3.8) is 0 Å². The lowest BCUT2D eigenvalue weighted by Crippen LogP contribution is -2.61. The first-order valence-corrected chi connectivity index (χ1v) is 5.52. The molecule has 2 N–H and O–H groups in total. The number of amides is 1. The van der Waals surface area contributed by atoms with Crippen LogP contribution in [0.2, 0.25) is 0 Å². The summed E-state index contributed by atoms with van der Waals surface area (Å²) in [5.41, 5.74) is 0. The van der Waals surface area contributed by atoms with Crippen LogP contribution >= 0.6 is 0 Å². The summed E-state index contributed by atoms with van der Waals surface area (Å²) in [5, 5.41) is 12.6. The number of hydrogen-bond donors (Lipinski definition) is 2. The Morgan fingerprint density at radius 1 is 1.67 bits per heavy atom. The Morgan fingerprint density at radius 2 is 2.40 bits per heavy atom. The lowest BCUT2D eigenvalue weighted by atomic mass is 9.93. The van der Waals surface area contributed by atoms with Gasteiger partial charge in [-0.3, -0.25) is 4.90 Å². The summed E-state index contributed by atoms with van der Waals surface area (Å²) >= 11 is 0. The molecule has 2 rings (SSSR count). The van der Waals surface area contributed by atoms with E-state index in [1.54, 1.807) is 4.90 Å². The van der Waals surface area contributed by atoms with Gasteiger partial charge in [-0.15, -0.1) is 6.58 Å². The third kappa shape index (κ3) is 1.63. The Balaban J connectivity index is 2.17. The van der Waals surface area contributed by atoms with Crippen molar-refractivity contribution in [1.82, 2.24) is 10.2 Å². The van der Waals surface area contributed by atoms with E-state index < -0.39 is 6.09 Å². The van der Waals surface area contributed by atoms with Crippen molar-refractivity contribution < 1.29 is 9.90 Å². The first-order valence-electron chi connectivity index (χ1n) is 5.52. The van der Waals surface area contributed by atoms with E-state index in [2.05, 4.69) is 18.8 Å².